The van der Waals surface area contributed by atoms with Crippen molar-refractivity contribution < 1.29 is 4.39 Å². The van der Waals surface area contributed by atoms with E-state index in [1.807, 2.05) is 0 Å². The minimum absolute atomic E-state index is 0.171. The highest BCUT2D eigenvalue weighted by Gasteiger charge is 2.19. The first-order valence-electron chi connectivity index (χ1n) is 6.36. The van der Waals surface area contributed by atoms with E-state index in [9.17, 15) is 4.39 Å². The fourth-order valence-corrected chi connectivity index (χ4v) is 2.99. The molecule has 0 fully saturated rings. The van der Waals surface area contributed by atoms with Crippen LogP contribution < -0.4 is 11.3 Å². The molecule has 0 amide bonds. The van der Waals surface area contributed by atoms with Gasteiger partial charge < -0.3 is 0 Å². The Balaban J connectivity index is 2.24. The average molecular weight is 315 g/mol. The molecule has 4 nitrogen and oxygen atoms in total. The lowest BCUT2D eigenvalue weighted by molar-refractivity contribution is 0.550. The van der Waals surface area contributed by atoms with Crippen LogP contribution in [-0.2, 0) is 12.8 Å². The van der Waals surface area contributed by atoms with E-state index in [0.29, 0.717) is 17.0 Å². The van der Waals surface area contributed by atoms with Crippen LogP contribution >= 0.6 is 23.1 Å². The molecule has 0 aliphatic carbocycles. The predicted molar refractivity (Wildman–Crippen MR) is 79.1 cm³/mol. The van der Waals surface area contributed by atoms with Crippen LogP contribution in [-0.4, -0.2) is 9.59 Å². The molecule has 1 aromatic heterocycles. The molecule has 0 saturated carbocycles. The fraction of sp³-hybridized carbons (Fsp3) is 0.385. The SMILES string of the molecule is CCCc1nnsc1C(Cc1cc(F)ccc1Cl)NN. The minimum atomic E-state index is -0.309. The highest BCUT2D eigenvalue weighted by Crippen LogP contribution is 2.27. The van der Waals surface area contributed by atoms with Crippen LogP contribution in [0, 0.1) is 5.82 Å². The van der Waals surface area contributed by atoms with Crippen LogP contribution in [0.2, 0.25) is 5.02 Å². The van der Waals surface area contributed by atoms with Crippen molar-refractivity contribution in [3.05, 3.63) is 45.2 Å². The second-order valence-corrected chi connectivity index (χ2v) is 5.69. The van der Waals surface area contributed by atoms with Gasteiger partial charge in [-0.3, -0.25) is 11.3 Å². The topological polar surface area (TPSA) is 63.8 Å². The normalized spacial score (nSPS) is 12.6. The number of hydrazine groups is 1. The van der Waals surface area contributed by atoms with Gasteiger partial charge in [0.05, 0.1) is 16.6 Å². The van der Waals surface area contributed by atoms with Gasteiger partial charge in [-0.2, -0.15) is 0 Å². The molecule has 0 aliphatic heterocycles. The average Bonchev–Trinajstić information content (AvgIpc) is 2.88. The van der Waals surface area contributed by atoms with Gasteiger partial charge in [0.15, 0.2) is 0 Å². The van der Waals surface area contributed by atoms with E-state index in [4.69, 9.17) is 17.4 Å². The molecule has 1 heterocycles. The first-order chi connectivity index (χ1) is 9.65. The molecule has 20 heavy (non-hydrogen) atoms. The van der Waals surface area contributed by atoms with Gasteiger partial charge in [0.25, 0.3) is 0 Å². The number of rotatable bonds is 6. The van der Waals surface area contributed by atoms with E-state index < -0.39 is 0 Å². The molecule has 0 bridgehead atoms. The number of nitrogens with one attached hydrogen (secondary N) is 1. The van der Waals surface area contributed by atoms with Crippen molar-refractivity contribution in [3.63, 3.8) is 0 Å². The summed E-state index contributed by atoms with van der Waals surface area (Å²) in [5.41, 5.74) is 4.40. The molecule has 1 aromatic carbocycles. The number of halogens is 2. The van der Waals surface area contributed by atoms with Gasteiger partial charge in [0, 0.05) is 5.02 Å². The second-order valence-electron chi connectivity index (χ2n) is 4.49. The van der Waals surface area contributed by atoms with Crippen LogP contribution in [0.25, 0.3) is 0 Å². The summed E-state index contributed by atoms with van der Waals surface area (Å²) >= 11 is 7.41. The standard InChI is InChI=1S/C13H16ClFN4S/c1-2-3-11-13(20-19-18-11)12(17-16)7-8-6-9(15)4-5-10(8)14/h4-6,12,17H,2-3,7,16H2,1H3. The third-order valence-electron chi connectivity index (χ3n) is 3.02. The fourth-order valence-electron chi connectivity index (χ4n) is 2.04. The van der Waals surface area contributed by atoms with E-state index in [0.717, 1.165) is 23.4 Å². The molecule has 3 N–H and O–H groups in total. The Morgan fingerprint density at radius 2 is 2.30 bits per heavy atom. The number of nitrogens with two attached hydrogens (primary N) is 1. The lowest BCUT2D eigenvalue weighted by atomic mass is 10.0. The quantitative estimate of drug-likeness (QED) is 0.635. The van der Waals surface area contributed by atoms with E-state index in [2.05, 4.69) is 21.9 Å². The van der Waals surface area contributed by atoms with E-state index in [1.54, 1.807) is 6.07 Å². The van der Waals surface area contributed by atoms with E-state index in [-0.39, 0.29) is 11.9 Å². The first-order valence-corrected chi connectivity index (χ1v) is 7.52. The zero-order valence-corrected chi connectivity index (χ0v) is 12.6. The first kappa shape index (κ1) is 15.3. The maximum absolute atomic E-state index is 13.3. The molecule has 1 atom stereocenters. The van der Waals surface area contributed by atoms with Crippen LogP contribution in [0.3, 0.4) is 0 Å². The zero-order valence-electron chi connectivity index (χ0n) is 11.1. The Morgan fingerprint density at radius 1 is 1.50 bits per heavy atom. The van der Waals surface area contributed by atoms with Crippen molar-refractivity contribution in [2.75, 3.05) is 0 Å². The molecule has 1 unspecified atom stereocenters. The Morgan fingerprint density at radius 3 is 3.00 bits per heavy atom. The number of benzene rings is 1. The Labute approximate surface area is 126 Å². The molecule has 108 valence electrons. The van der Waals surface area contributed by atoms with E-state index >= 15 is 0 Å². The summed E-state index contributed by atoms with van der Waals surface area (Å²) in [5, 5.41) is 4.65. The third-order valence-corrected chi connectivity index (χ3v) is 4.27. The summed E-state index contributed by atoms with van der Waals surface area (Å²) in [4.78, 5) is 0.981. The van der Waals surface area contributed by atoms with Gasteiger partial charge in [-0.05, 0) is 48.1 Å². The summed E-state index contributed by atoms with van der Waals surface area (Å²) in [7, 11) is 0. The van der Waals surface area contributed by atoms with Crippen molar-refractivity contribution in [2.24, 2.45) is 5.84 Å². The van der Waals surface area contributed by atoms with Crippen LogP contribution in [0.1, 0.15) is 35.5 Å². The lowest BCUT2D eigenvalue weighted by Crippen LogP contribution is -2.29. The summed E-state index contributed by atoms with van der Waals surface area (Å²) in [5.74, 6) is 5.32. The minimum Gasteiger partial charge on any atom is -0.271 e. The summed E-state index contributed by atoms with van der Waals surface area (Å²) in [6, 6.07) is 4.15. The Kier molecular flexibility index (Phi) is 5.42. The highest BCUT2D eigenvalue weighted by molar-refractivity contribution is 7.05. The van der Waals surface area contributed by atoms with Crippen molar-refractivity contribution in [3.8, 4) is 0 Å². The van der Waals surface area contributed by atoms with Gasteiger partial charge in [0.1, 0.15) is 5.82 Å². The van der Waals surface area contributed by atoms with E-state index in [1.165, 1.54) is 23.7 Å². The van der Waals surface area contributed by atoms with Crippen molar-refractivity contribution in [2.45, 2.75) is 32.2 Å². The summed E-state index contributed by atoms with van der Waals surface area (Å²) in [6.45, 7) is 2.08. The van der Waals surface area contributed by atoms with Gasteiger partial charge in [-0.15, -0.1) is 5.10 Å². The van der Waals surface area contributed by atoms with Crippen molar-refractivity contribution >= 4 is 23.1 Å². The molecule has 7 heteroatoms. The smallest absolute Gasteiger partial charge is 0.123 e. The number of aryl methyl sites for hydroxylation is 1. The maximum Gasteiger partial charge on any atom is 0.123 e. The Hall–Kier alpha value is -1.08. The Bertz CT molecular complexity index is 575. The summed E-state index contributed by atoms with van der Waals surface area (Å²) < 4.78 is 17.3. The molecule has 2 rings (SSSR count). The van der Waals surface area contributed by atoms with Gasteiger partial charge in [0.2, 0.25) is 0 Å². The van der Waals surface area contributed by atoms with Crippen LogP contribution in [0.5, 0.6) is 0 Å². The molecule has 0 spiro atoms. The number of nitrogens with zero attached hydrogens (tertiary/aromatic N) is 2. The van der Waals surface area contributed by atoms with Gasteiger partial charge in [-0.25, -0.2) is 4.39 Å². The molecule has 0 saturated heterocycles. The second kappa shape index (κ2) is 7.08. The molecular formula is C13H16ClFN4S. The molecule has 0 radical (unpaired) electrons. The van der Waals surface area contributed by atoms with Crippen molar-refractivity contribution in [1.29, 1.82) is 0 Å². The third kappa shape index (κ3) is 3.52. The van der Waals surface area contributed by atoms with Crippen molar-refractivity contribution in [1.82, 2.24) is 15.0 Å². The number of aromatic nitrogens is 2. The zero-order chi connectivity index (χ0) is 14.5. The maximum atomic E-state index is 13.3. The van der Waals surface area contributed by atoms with Crippen LogP contribution in [0.15, 0.2) is 18.2 Å². The molecular weight excluding hydrogens is 299 g/mol. The molecule has 2 aromatic rings. The predicted octanol–water partition coefficient (Wildman–Crippen LogP) is 3.03. The van der Waals surface area contributed by atoms with Crippen LogP contribution in [0.4, 0.5) is 4.39 Å². The highest BCUT2D eigenvalue weighted by atomic mass is 35.5. The monoisotopic (exact) mass is 314 g/mol. The largest absolute Gasteiger partial charge is 0.271 e. The lowest BCUT2D eigenvalue weighted by Gasteiger charge is -2.16. The molecule has 0 aliphatic rings. The number of hydrogen-bond acceptors (Lipinski definition) is 5. The van der Waals surface area contributed by atoms with Gasteiger partial charge >= 0.3 is 0 Å². The number of hydrogen-bond donors (Lipinski definition) is 2. The van der Waals surface area contributed by atoms with Gasteiger partial charge in [-0.1, -0.05) is 29.4 Å². The summed E-state index contributed by atoms with van der Waals surface area (Å²) in [6.07, 6.45) is 2.32.